The van der Waals surface area contributed by atoms with Crippen LogP contribution in [-0.2, 0) is 18.9 Å². The van der Waals surface area contributed by atoms with Gasteiger partial charge in [-0.2, -0.15) is 4.98 Å². The van der Waals surface area contributed by atoms with Gasteiger partial charge in [0.05, 0.1) is 19.1 Å². The van der Waals surface area contributed by atoms with Crippen molar-refractivity contribution < 1.29 is 4.74 Å². The van der Waals surface area contributed by atoms with Crippen molar-refractivity contribution in [1.82, 2.24) is 19.5 Å². The molecule has 0 radical (unpaired) electrons. The van der Waals surface area contributed by atoms with E-state index < -0.39 is 0 Å². The Hall–Kier alpha value is -3.41. The highest BCUT2D eigenvalue weighted by Crippen LogP contribution is 2.32. The van der Waals surface area contributed by atoms with Gasteiger partial charge in [0.1, 0.15) is 11.3 Å². The summed E-state index contributed by atoms with van der Waals surface area (Å²) in [5.41, 5.74) is 8.19. The van der Waals surface area contributed by atoms with Gasteiger partial charge in [0.2, 0.25) is 5.95 Å². The molecule has 2 aromatic carbocycles. The zero-order valence-electron chi connectivity index (χ0n) is 21.7. The fourth-order valence-corrected chi connectivity index (χ4v) is 4.99. The first-order valence-electron chi connectivity index (χ1n) is 12.4. The van der Waals surface area contributed by atoms with Crippen molar-refractivity contribution in [1.29, 1.82) is 0 Å². The van der Waals surface area contributed by atoms with Gasteiger partial charge in [0.25, 0.3) is 0 Å². The molecule has 0 amide bonds. The number of aromatic nitrogens is 4. The molecule has 3 heterocycles. The van der Waals surface area contributed by atoms with E-state index in [1.807, 2.05) is 30.1 Å². The summed E-state index contributed by atoms with van der Waals surface area (Å²) >= 11 is 0. The van der Waals surface area contributed by atoms with Gasteiger partial charge in [-0.25, -0.2) is 9.97 Å². The van der Waals surface area contributed by atoms with Crippen LogP contribution in [0.4, 0.5) is 5.95 Å². The number of aryl methyl sites for hydroxylation is 2. The number of anilines is 1. The minimum atomic E-state index is 0.104. The first-order valence-corrected chi connectivity index (χ1v) is 12.4. The molecule has 0 bridgehead atoms. The minimum Gasteiger partial charge on any atom is -0.497 e. The highest BCUT2D eigenvalue weighted by molar-refractivity contribution is 5.75. The molecule has 6 nitrogen and oxygen atoms in total. The van der Waals surface area contributed by atoms with Crippen molar-refractivity contribution in [2.75, 3.05) is 25.1 Å². The van der Waals surface area contributed by atoms with Gasteiger partial charge in [0.15, 0.2) is 5.65 Å². The summed E-state index contributed by atoms with van der Waals surface area (Å²) in [6, 6.07) is 15.3. The third kappa shape index (κ3) is 4.62. The fraction of sp³-hybridized carbons (Fsp3) is 0.414. The van der Waals surface area contributed by atoms with E-state index in [2.05, 4.69) is 67.9 Å². The molecule has 4 aromatic rings. The number of hydrogen-bond acceptors (Lipinski definition) is 5. The van der Waals surface area contributed by atoms with E-state index in [9.17, 15) is 0 Å². The summed E-state index contributed by atoms with van der Waals surface area (Å²) in [4.78, 5) is 16.9. The zero-order valence-corrected chi connectivity index (χ0v) is 21.7. The molecule has 182 valence electrons. The van der Waals surface area contributed by atoms with Crippen molar-refractivity contribution in [2.45, 2.75) is 51.9 Å². The molecule has 0 N–H and O–H groups in total. The number of benzene rings is 2. The van der Waals surface area contributed by atoms with Gasteiger partial charge >= 0.3 is 0 Å². The molecular weight excluding hydrogens is 434 g/mol. The van der Waals surface area contributed by atoms with Crippen LogP contribution in [0.2, 0.25) is 0 Å². The van der Waals surface area contributed by atoms with Crippen LogP contribution in [0, 0.1) is 6.92 Å². The second-order valence-electron chi connectivity index (χ2n) is 10.8. The number of methoxy groups -OCH3 is 1. The Balaban J connectivity index is 1.47. The smallest absolute Gasteiger partial charge is 0.227 e. The molecule has 1 fully saturated rings. The van der Waals surface area contributed by atoms with Crippen LogP contribution in [0.5, 0.6) is 5.75 Å². The number of nitrogens with zero attached hydrogens (tertiary/aromatic N) is 5. The molecular formula is C29H35N5O. The number of ether oxygens (including phenoxy) is 1. The average Bonchev–Trinajstić information content (AvgIpc) is 3.47. The van der Waals surface area contributed by atoms with Crippen LogP contribution in [0.25, 0.3) is 11.2 Å². The predicted octanol–water partition coefficient (Wildman–Crippen LogP) is 5.56. The Bertz CT molecular complexity index is 1350. The molecule has 0 aliphatic carbocycles. The second kappa shape index (κ2) is 8.99. The van der Waals surface area contributed by atoms with E-state index >= 15 is 0 Å². The lowest BCUT2D eigenvalue weighted by Gasteiger charge is -2.21. The summed E-state index contributed by atoms with van der Waals surface area (Å²) in [5.74, 6) is 2.13. The van der Waals surface area contributed by atoms with Gasteiger partial charge < -0.3 is 14.2 Å². The molecule has 6 heteroatoms. The SMILES string of the molecule is COc1ccc(C2CCN(c3nc(Cc4cc(C(C)(C)C)ccc4C)c4c(ncn4C)n3)C2)cc1. The highest BCUT2D eigenvalue weighted by Gasteiger charge is 2.27. The number of fused-ring (bicyclic) bond motifs is 1. The van der Waals surface area contributed by atoms with E-state index in [-0.39, 0.29) is 5.41 Å². The molecule has 1 unspecified atom stereocenters. The third-order valence-electron chi connectivity index (χ3n) is 7.26. The first-order chi connectivity index (χ1) is 16.7. The maximum atomic E-state index is 5.32. The number of rotatable bonds is 5. The van der Waals surface area contributed by atoms with E-state index in [0.717, 1.165) is 54.5 Å². The Labute approximate surface area is 208 Å². The van der Waals surface area contributed by atoms with Gasteiger partial charge in [-0.3, -0.25) is 0 Å². The maximum absolute atomic E-state index is 5.32. The average molecular weight is 470 g/mol. The molecule has 0 saturated carbocycles. The minimum absolute atomic E-state index is 0.104. The largest absolute Gasteiger partial charge is 0.497 e. The maximum Gasteiger partial charge on any atom is 0.227 e. The van der Waals surface area contributed by atoms with Crippen molar-refractivity contribution in [3.05, 3.63) is 76.7 Å². The van der Waals surface area contributed by atoms with Crippen molar-refractivity contribution in [3.8, 4) is 5.75 Å². The van der Waals surface area contributed by atoms with Gasteiger partial charge in [-0.05, 0) is 53.1 Å². The summed E-state index contributed by atoms with van der Waals surface area (Å²) in [6.07, 6.45) is 3.68. The molecule has 0 spiro atoms. The Morgan fingerprint density at radius 3 is 2.54 bits per heavy atom. The lowest BCUT2D eigenvalue weighted by atomic mass is 9.84. The topological polar surface area (TPSA) is 56.1 Å². The van der Waals surface area contributed by atoms with Crippen LogP contribution in [0.1, 0.15) is 61.1 Å². The molecule has 2 aromatic heterocycles. The molecule has 1 atom stereocenters. The number of hydrogen-bond donors (Lipinski definition) is 0. The Kier molecular flexibility index (Phi) is 5.99. The van der Waals surface area contributed by atoms with Crippen LogP contribution in [0.3, 0.4) is 0 Å². The first kappa shape index (κ1) is 23.3. The second-order valence-corrected chi connectivity index (χ2v) is 10.8. The summed E-state index contributed by atoms with van der Waals surface area (Å²) in [7, 11) is 3.73. The lowest BCUT2D eigenvalue weighted by Crippen LogP contribution is -2.22. The van der Waals surface area contributed by atoms with Crippen LogP contribution < -0.4 is 9.64 Å². The molecule has 5 rings (SSSR count). The van der Waals surface area contributed by atoms with E-state index in [0.29, 0.717) is 5.92 Å². The van der Waals surface area contributed by atoms with Crippen LogP contribution in [0.15, 0.2) is 48.8 Å². The molecule has 1 saturated heterocycles. The number of imidazole rings is 1. The highest BCUT2D eigenvalue weighted by atomic mass is 16.5. The van der Waals surface area contributed by atoms with E-state index in [4.69, 9.17) is 14.7 Å². The van der Waals surface area contributed by atoms with Gasteiger partial charge in [-0.15, -0.1) is 0 Å². The van der Waals surface area contributed by atoms with E-state index in [1.165, 1.54) is 22.3 Å². The van der Waals surface area contributed by atoms with Crippen LogP contribution >= 0.6 is 0 Å². The van der Waals surface area contributed by atoms with Crippen molar-refractivity contribution in [2.24, 2.45) is 7.05 Å². The van der Waals surface area contributed by atoms with Crippen LogP contribution in [-0.4, -0.2) is 39.7 Å². The molecule has 1 aliphatic rings. The molecule has 1 aliphatic heterocycles. The monoisotopic (exact) mass is 469 g/mol. The Morgan fingerprint density at radius 2 is 1.83 bits per heavy atom. The fourth-order valence-electron chi connectivity index (χ4n) is 4.99. The quantitative estimate of drug-likeness (QED) is 0.383. The summed E-state index contributed by atoms with van der Waals surface area (Å²) in [5, 5.41) is 0. The standard InChI is InChI=1S/C29H35N5O/c1-19-7-10-23(29(2,3)4)15-22(19)16-25-26-27(30-18-33(26)5)32-28(31-25)34-14-13-21(17-34)20-8-11-24(35-6)12-9-20/h7-12,15,18,21H,13-14,16-17H2,1-6H3. The molecule has 35 heavy (non-hydrogen) atoms. The summed E-state index contributed by atoms with van der Waals surface area (Å²) < 4.78 is 7.37. The predicted molar refractivity (Wildman–Crippen MR) is 142 cm³/mol. The van der Waals surface area contributed by atoms with Crippen molar-refractivity contribution in [3.63, 3.8) is 0 Å². The van der Waals surface area contributed by atoms with E-state index in [1.54, 1.807) is 7.11 Å². The lowest BCUT2D eigenvalue weighted by molar-refractivity contribution is 0.414. The van der Waals surface area contributed by atoms with Gasteiger partial charge in [0, 0.05) is 32.5 Å². The zero-order chi connectivity index (χ0) is 24.7. The summed E-state index contributed by atoms with van der Waals surface area (Å²) in [6.45, 7) is 10.8. The van der Waals surface area contributed by atoms with Gasteiger partial charge in [-0.1, -0.05) is 51.1 Å². The van der Waals surface area contributed by atoms with Crippen molar-refractivity contribution >= 4 is 17.1 Å². The normalized spacial score (nSPS) is 16.3. The Morgan fingerprint density at radius 1 is 1.06 bits per heavy atom. The third-order valence-corrected chi connectivity index (χ3v) is 7.26.